The molecule has 0 aromatic heterocycles. The molecule has 0 bridgehead atoms. The van der Waals surface area contributed by atoms with Crippen molar-refractivity contribution in [3.63, 3.8) is 0 Å². The van der Waals surface area contributed by atoms with Gasteiger partial charge in [-0.25, -0.2) is 0 Å². The molecule has 0 spiro atoms. The van der Waals surface area contributed by atoms with E-state index in [-0.39, 0.29) is 65.6 Å². The number of fused-ring (bicyclic) bond motifs is 2. The fourth-order valence-electron chi connectivity index (χ4n) is 5.65. The Labute approximate surface area is 324 Å². The summed E-state index contributed by atoms with van der Waals surface area (Å²) in [7, 11) is -9.19. The fraction of sp³-hybridized carbons (Fsp3) is 0.0588. The van der Waals surface area contributed by atoms with Gasteiger partial charge in [-0.2, -0.15) is 27.1 Å². The normalized spacial score (nSPS) is 12.5. The molecule has 0 aliphatic carbocycles. The lowest BCUT2D eigenvalue weighted by Crippen LogP contribution is -2.02. The second-order valence-electron chi connectivity index (χ2n) is 11.6. The number of nitrogens with two attached hydrogens (primary N) is 2. The van der Waals surface area contributed by atoms with Crippen LogP contribution in [0.3, 0.4) is 0 Å². The van der Waals surface area contributed by atoms with Gasteiger partial charge in [0, 0.05) is 29.3 Å². The van der Waals surface area contributed by atoms with Crippen LogP contribution in [0.15, 0.2) is 103 Å². The van der Waals surface area contributed by atoms with Crippen LogP contribution >= 0.6 is 45.2 Å². The first-order valence-electron chi connectivity index (χ1n) is 14.8. The van der Waals surface area contributed by atoms with Gasteiger partial charge in [0.15, 0.2) is 11.5 Å². The van der Waals surface area contributed by atoms with Gasteiger partial charge in [-0.1, -0.05) is 12.1 Å². The molecule has 0 unspecified atom stereocenters. The highest BCUT2D eigenvalue weighted by Gasteiger charge is 2.23. The van der Waals surface area contributed by atoms with Crippen molar-refractivity contribution in [2.75, 3.05) is 11.5 Å². The molecule has 18 heteroatoms. The van der Waals surface area contributed by atoms with Gasteiger partial charge in [0.2, 0.25) is 0 Å². The van der Waals surface area contributed by atoms with Crippen LogP contribution < -0.4 is 11.5 Å². The van der Waals surface area contributed by atoms with Crippen LogP contribution in [0, 0.1) is 21.0 Å². The summed E-state index contributed by atoms with van der Waals surface area (Å²) in [6, 6.07) is 18.8. The van der Waals surface area contributed by atoms with E-state index < -0.39 is 20.2 Å². The van der Waals surface area contributed by atoms with Crippen molar-refractivity contribution in [3.8, 4) is 22.6 Å². The van der Waals surface area contributed by atoms with Gasteiger partial charge >= 0.3 is 0 Å². The minimum Gasteiger partial charge on any atom is -0.505 e. The Hall–Kier alpha value is -4.48. The van der Waals surface area contributed by atoms with Gasteiger partial charge in [-0.05, 0) is 142 Å². The maximum Gasteiger partial charge on any atom is 0.295 e. The van der Waals surface area contributed by atoms with Gasteiger partial charge in [0.05, 0.1) is 22.1 Å². The number of azo groups is 2. The van der Waals surface area contributed by atoms with E-state index in [1.807, 2.05) is 83.3 Å². The predicted octanol–water partition coefficient (Wildman–Crippen LogP) is 9.39. The van der Waals surface area contributed by atoms with Crippen molar-refractivity contribution in [1.29, 1.82) is 0 Å². The van der Waals surface area contributed by atoms with E-state index in [9.17, 15) is 36.2 Å². The van der Waals surface area contributed by atoms with Gasteiger partial charge in [-0.3, -0.25) is 9.11 Å². The van der Waals surface area contributed by atoms with Gasteiger partial charge in [0.1, 0.15) is 21.2 Å². The van der Waals surface area contributed by atoms with E-state index in [4.69, 9.17) is 11.5 Å². The highest BCUT2D eigenvalue weighted by Crippen LogP contribution is 2.45. The predicted molar refractivity (Wildman–Crippen MR) is 215 cm³/mol. The number of aromatic hydroxyl groups is 2. The number of hydrogen-bond acceptors (Lipinski definition) is 12. The van der Waals surface area contributed by atoms with Crippen molar-refractivity contribution in [1.82, 2.24) is 0 Å². The lowest BCUT2D eigenvalue weighted by atomic mass is 10.0. The number of phenolic OH excluding ortho intramolecular Hbond substituents is 2. The molecule has 6 aromatic carbocycles. The number of aryl methyl sites for hydroxylation is 2. The Morgan fingerprint density at radius 3 is 1.19 bits per heavy atom. The quantitative estimate of drug-likeness (QED) is 0.0383. The summed E-state index contributed by atoms with van der Waals surface area (Å²) < 4.78 is 67.9. The number of hydrogen-bond donors (Lipinski definition) is 6. The molecule has 52 heavy (non-hydrogen) atoms. The van der Waals surface area contributed by atoms with Crippen molar-refractivity contribution in [2.24, 2.45) is 20.5 Å². The molecule has 0 fully saturated rings. The minimum atomic E-state index is -4.59. The first-order valence-corrected chi connectivity index (χ1v) is 19.9. The Morgan fingerprint density at radius 2 is 0.865 bits per heavy atom. The third-order valence-corrected chi connectivity index (χ3v) is 11.7. The molecular weight excluding hydrogens is 938 g/mol. The molecule has 0 radical (unpaired) electrons. The van der Waals surface area contributed by atoms with Crippen LogP contribution in [0.5, 0.6) is 11.5 Å². The van der Waals surface area contributed by atoms with Gasteiger partial charge in [0.25, 0.3) is 20.2 Å². The average molecular weight is 965 g/mol. The second kappa shape index (κ2) is 13.8. The zero-order valence-electron chi connectivity index (χ0n) is 26.9. The Morgan fingerprint density at radius 1 is 0.519 bits per heavy atom. The van der Waals surface area contributed by atoms with E-state index in [1.165, 1.54) is 36.4 Å². The van der Waals surface area contributed by atoms with E-state index in [0.717, 1.165) is 22.3 Å². The topological polar surface area (TPSA) is 251 Å². The van der Waals surface area contributed by atoms with Crippen LogP contribution in [-0.4, -0.2) is 36.2 Å². The van der Waals surface area contributed by atoms with Crippen molar-refractivity contribution in [3.05, 3.63) is 91.1 Å². The van der Waals surface area contributed by atoms with Crippen molar-refractivity contribution < 1.29 is 36.2 Å². The Balaban J connectivity index is 1.28. The SMILES string of the molecule is Cc1cc(-c2ccc(/N=N/c3cc(I)c4c(S(=O)(=O)O)ccc(N)c4c3O)c(C)c2)ccc1/N=N/c1cc(I)c2c(S(=O)(=O)O)ccc(N)c2c1O. The lowest BCUT2D eigenvalue weighted by molar-refractivity contribution is 0.480. The molecule has 0 saturated carbocycles. The largest absolute Gasteiger partial charge is 0.505 e. The fourth-order valence-corrected chi connectivity index (χ4v) is 9.15. The summed E-state index contributed by atoms with van der Waals surface area (Å²) in [6.45, 7) is 3.69. The molecule has 6 rings (SSSR count). The molecule has 266 valence electrons. The van der Waals surface area contributed by atoms with E-state index >= 15 is 0 Å². The smallest absolute Gasteiger partial charge is 0.295 e. The molecule has 0 heterocycles. The zero-order valence-corrected chi connectivity index (χ0v) is 32.8. The second-order valence-corrected chi connectivity index (χ2v) is 16.7. The molecule has 0 saturated heterocycles. The van der Waals surface area contributed by atoms with E-state index in [2.05, 4.69) is 20.5 Å². The average Bonchev–Trinajstić information content (AvgIpc) is 3.06. The minimum absolute atomic E-state index is 0.0316. The monoisotopic (exact) mass is 964 g/mol. The molecule has 6 aromatic rings. The number of anilines is 2. The number of rotatable bonds is 7. The maximum absolute atomic E-state index is 11.9. The van der Waals surface area contributed by atoms with Crippen LogP contribution in [0.1, 0.15) is 11.1 Å². The number of nitrogen functional groups attached to an aromatic ring is 2. The van der Waals surface area contributed by atoms with Crippen LogP contribution in [0.25, 0.3) is 32.7 Å². The van der Waals surface area contributed by atoms with Gasteiger partial charge < -0.3 is 21.7 Å². The summed E-state index contributed by atoms with van der Waals surface area (Å²) >= 11 is 3.76. The molecule has 8 N–H and O–H groups in total. The third kappa shape index (κ3) is 7.00. The molecular formula is C34H26I2N6O8S2. The summed E-state index contributed by atoms with van der Waals surface area (Å²) in [5, 5.41) is 39.2. The van der Waals surface area contributed by atoms with Gasteiger partial charge in [-0.15, -0.1) is 10.2 Å². The molecule has 0 aliphatic rings. The summed E-state index contributed by atoms with van der Waals surface area (Å²) in [5.41, 5.74) is 16.7. The van der Waals surface area contributed by atoms with Crippen molar-refractivity contribution in [2.45, 2.75) is 23.6 Å². The molecule has 0 amide bonds. The summed E-state index contributed by atoms with van der Waals surface area (Å²) in [6.07, 6.45) is 0. The maximum atomic E-state index is 11.9. The van der Waals surface area contributed by atoms with Crippen LogP contribution in [-0.2, 0) is 20.2 Å². The lowest BCUT2D eigenvalue weighted by Gasteiger charge is -2.12. The standard InChI is InChI=1S/C34H26I2N6O8S2/c1-15-11-17(3-7-23(15)39-41-25-13-19(35)29-27(51(45,46)47)9-5-21(37)31(29)33(25)43)18-4-8-24(16(2)12-18)40-42-26-14-20(36)30-28(52(48,49)50)10-6-22(38)32(30)34(26)44/h3-14,43-44H,37-38H2,1-2H3,(H,45,46,47)(H,48,49,50)/b41-39+,42-40+. The third-order valence-electron chi connectivity index (χ3n) is 8.18. The number of phenols is 2. The number of nitrogens with zero attached hydrogens (tertiary/aromatic N) is 4. The Kier molecular flexibility index (Phi) is 9.91. The number of benzene rings is 6. The summed E-state index contributed by atoms with van der Waals surface area (Å²) in [4.78, 5) is -0.775. The number of halogens is 2. The zero-order chi connectivity index (χ0) is 37.9. The van der Waals surface area contributed by atoms with E-state index in [1.54, 1.807) is 12.1 Å². The first-order chi connectivity index (χ1) is 24.4. The molecule has 0 aliphatic heterocycles. The van der Waals surface area contributed by atoms with Crippen molar-refractivity contribution >= 4 is 121 Å². The van der Waals surface area contributed by atoms with E-state index in [0.29, 0.717) is 18.5 Å². The first kappa shape index (κ1) is 37.3. The summed E-state index contributed by atoms with van der Waals surface area (Å²) in [5.74, 6) is -0.768. The van der Waals surface area contributed by atoms with Crippen LogP contribution in [0.4, 0.5) is 34.1 Å². The molecule has 14 nitrogen and oxygen atoms in total. The van der Waals surface area contributed by atoms with Crippen LogP contribution in [0.2, 0.25) is 0 Å². The highest BCUT2D eigenvalue weighted by atomic mass is 127. The highest BCUT2D eigenvalue weighted by molar-refractivity contribution is 14.1. The molecule has 0 atom stereocenters. The Bertz CT molecular complexity index is 2600.